The summed E-state index contributed by atoms with van der Waals surface area (Å²) in [6.07, 6.45) is 5.08. The lowest BCUT2D eigenvalue weighted by molar-refractivity contribution is 0.809. The standard InChI is InChI=1S/C12H13N/c1-10-7-12(9-13-8-10)11-5-3-2-4-6-11/h2-6,8-10H,7H2,1H3/t10-/m0/s1. The van der Waals surface area contributed by atoms with E-state index in [9.17, 15) is 0 Å². The second-order valence-electron chi connectivity index (χ2n) is 3.50. The summed E-state index contributed by atoms with van der Waals surface area (Å²) in [7, 11) is 0. The van der Waals surface area contributed by atoms with E-state index in [1.54, 1.807) is 0 Å². The fraction of sp³-hybridized carbons (Fsp3) is 0.250. The monoisotopic (exact) mass is 171 g/mol. The Hall–Kier alpha value is -1.37. The lowest BCUT2D eigenvalue weighted by atomic mass is 9.95. The third-order valence-electron chi connectivity index (χ3n) is 2.26. The van der Waals surface area contributed by atoms with E-state index in [1.807, 2.05) is 18.5 Å². The summed E-state index contributed by atoms with van der Waals surface area (Å²) in [5.74, 6) is 0.570. The van der Waals surface area contributed by atoms with Gasteiger partial charge in [-0.2, -0.15) is 0 Å². The minimum atomic E-state index is 0.570. The van der Waals surface area contributed by atoms with Gasteiger partial charge in [0.1, 0.15) is 0 Å². The summed E-state index contributed by atoms with van der Waals surface area (Å²) in [6, 6.07) is 10.5. The third kappa shape index (κ3) is 1.86. The molecule has 1 heterocycles. The van der Waals surface area contributed by atoms with E-state index in [-0.39, 0.29) is 0 Å². The molecule has 0 fully saturated rings. The molecule has 0 saturated carbocycles. The summed E-state index contributed by atoms with van der Waals surface area (Å²) >= 11 is 0. The highest BCUT2D eigenvalue weighted by Gasteiger charge is 2.08. The van der Waals surface area contributed by atoms with Crippen molar-refractivity contribution < 1.29 is 0 Å². The predicted octanol–water partition coefficient (Wildman–Crippen LogP) is 3.14. The van der Waals surface area contributed by atoms with Gasteiger partial charge in [0, 0.05) is 12.4 Å². The van der Waals surface area contributed by atoms with Crippen molar-refractivity contribution in [3.8, 4) is 0 Å². The fourth-order valence-corrected chi connectivity index (χ4v) is 1.58. The van der Waals surface area contributed by atoms with Crippen LogP contribution < -0.4 is 0 Å². The Morgan fingerprint density at radius 3 is 2.69 bits per heavy atom. The van der Waals surface area contributed by atoms with E-state index in [2.05, 4.69) is 36.2 Å². The van der Waals surface area contributed by atoms with Gasteiger partial charge < -0.3 is 0 Å². The topological polar surface area (TPSA) is 12.4 Å². The van der Waals surface area contributed by atoms with Crippen LogP contribution in [0.3, 0.4) is 0 Å². The molecular formula is C12H13N. The highest BCUT2D eigenvalue weighted by Crippen LogP contribution is 2.24. The van der Waals surface area contributed by atoms with Gasteiger partial charge in [-0.1, -0.05) is 37.3 Å². The van der Waals surface area contributed by atoms with Crippen LogP contribution in [0.1, 0.15) is 18.9 Å². The number of nitrogens with zero attached hydrogens (tertiary/aromatic N) is 1. The number of hydrogen-bond acceptors (Lipinski definition) is 1. The van der Waals surface area contributed by atoms with Gasteiger partial charge in [-0.3, -0.25) is 4.99 Å². The van der Waals surface area contributed by atoms with Gasteiger partial charge in [0.2, 0.25) is 0 Å². The molecule has 0 saturated heterocycles. The first-order valence-electron chi connectivity index (χ1n) is 4.64. The van der Waals surface area contributed by atoms with E-state index in [0.29, 0.717) is 5.92 Å². The van der Waals surface area contributed by atoms with Crippen molar-refractivity contribution >= 4 is 11.8 Å². The molecule has 1 atom stereocenters. The lowest BCUT2D eigenvalue weighted by Crippen LogP contribution is -2.01. The zero-order valence-electron chi connectivity index (χ0n) is 7.77. The number of aliphatic imine (C=N–C) groups is 1. The molecule has 0 spiro atoms. The average Bonchev–Trinajstić information content (AvgIpc) is 2.19. The maximum Gasteiger partial charge on any atom is 0.0302 e. The number of rotatable bonds is 1. The van der Waals surface area contributed by atoms with Gasteiger partial charge in [-0.25, -0.2) is 0 Å². The van der Waals surface area contributed by atoms with E-state index >= 15 is 0 Å². The number of benzene rings is 1. The highest BCUT2D eigenvalue weighted by molar-refractivity contribution is 5.75. The van der Waals surface area contributed by atoms with Gasteiger partial charge in [-0.15, -0.1) is 0 Å². The van der Waals surface area contributed by atoms with Crippen LogP contribution in [-0.2, 0) is 0 Å². The van der Waals surface area contributed by atoms with Crippen LogP contribution in [-0.4, -0.2) is 6.21 Å². The Balaban J connectivity index is 2.28. The molecule has 0 aromatic heterocycles. The Kier molecular flexibility index (Phi) is 2.26. The maximum atomic E-state index is 4.23. The maximum absolute atomic E-state index is 4.23. The summed E-state index contributed by atoms with van der Waals surface area (Å²) in [4.78, 5) is 4.23. The second-order valence-corrected chi connectivity index (χ2v) is 3.50. The predicted molar refractivity (Wildman–Crippen MR) is 56.7 cm³/mol. The molecule has 13 heavy (non-hydrogen) atoms. The third-order valence-corrected chi connectivity index (χ3v) is 2.26. The van der Waals surface area contributed by atoms with Crippen molar-refractivity contribution in [2.45, 2.75) is 13.3 Å². The molecule has 0 aliphatic carbocycles. The molecule has 0 N–H and O–H groups in total. The van der Waals surface area contributed by atoms with E-state index in [0.717, 1.165) is 6.42 Å². The normalized spacial score (nSPS) is 21.3. The average molecular weight is 171 g/mol. The largest absolute Gasteiger partial charge is 0.268 e. The molecule has 0 amide bonds. The summed E-state index contributed by atoms with van der Waals surface area (Å²) in [6.45, 7) is 2.19. The quantitative estimate of drug-likeness (QED) is 0.615. The molecule has 0 bridgehead atoms. The zero-order chi connectivity index (χ0) is 9.10. The van der Waals surface area contributed by atoms with E-state index in [1.165, 1.54) is 11.1 Å². The van der Waals surface area contributed by atoms with Crippen LogP contribution in [0.2, 0.25) is 0 Å². The van der Waals surface area contributed by atoms with Crippen molar-refractivity contribution in [3.63, 3.8) is 0 Å². The molecule has 1 aromatic carbocycles. The summed E-state index contributed by atoms with van der Waals surface area (Å²) in [5, 5.41) is 0. The molecule has 66 valence electrons. The summed E-state index contributed by atoms with van der Waals surface area (Å²) in [5.41, 5.74) is 2.64. The molecule has 2 rings (SSSR count). The van der Waals surface area contributed by atoms with Gasteiger partial charge in [-0.05, 0) is 23.5 Å². The minimum absolute atomic E-state index is 0.570. The van der Waals surface area contributed by atoms with Gasteiger partial charge in [0.05, 0.1) is 0 Å². The van der Waals surface area contributed by atoms with Gasteiger partial charge in [0.25, 0.3) is 0 Å². The van der Waals surface area contributed by atoms with Crippen molar-refractivity contribution in [2.24, 2.45) is 10.9 Å². The molecular weight excluding hydrogens is 158 g/mol. The zero-order valence-corrected chi connectivity index (χ0v) is 7.77. The van der Waals surface area contributed by atoms with Gasteiger partial charge >= 0.3 is 0 Å². The van der Waals surface area contributed by atoms with Crippen LogP contribution in [0.25, 0.3) is 5.57 Å². The molecule has 1 aromatic rings. The van der Waals surface area contributed by atoms with Crippen molar-refractivity contribution in [3.05, 3.63) is 42.1 Å². The molecule has 1 aliphatic rings. The number of allylic oxidation sites excluding steroid dienone is 1. The minimum Gasteiger partial charge on any atom is -0.268 e. The molecule has 1 nitrogen and oxygen atoms in total. The van der Waals surface area contributed by atoms with Crippen LogP contribution in [0, 0.1) is 5.92 Å². The molecule has 0 unspecified atom stereocenters. The summed E-state index contributed by atoms with van der Waals surface area (Å²) < 4.78 is 0. The smallest absolute Gasteiger partial charge is 0.0302 e. The van der Waals surface area contributed by atoms with Crippen molar-refractivity contribution in [1.82, 2.24) is 0 Å². The Morgan fingerprint density at radius 2 is 2.00 bits per heavy atom. The van der Waals surface area contributed by atoms with Crippen molar-refractivity contribution in [2.75, 3.05) is 0 Å². The fourth-order valence-electron chi connectivity index (χ4n) is 1.58. The first-order chi connectivity index (χ1) is 6.36. The molecule has 1 heteroatoms. The van der Waals surface area contributed by atoms with Crippen LogP contribution in [0.15, 0.2) is 41.5 Å². The highest BCUT2D eigenvalue weighted by atomic mass is 14.7. The van der Waals surface area contributed by atoms with Crippen molar-refractivity contribution in [1.29, 1.82) is 0 Å². The van der Waals surface area contributed by atoms with Crippen LogP contribution in [0.4, 0.5) is 0 Å². The van der Waals surface area contributed by atoms with Gasteiger partial charge in [0.15, 0.2) is 0 Å². The molecule has 1 aliphatic heterocycles. The van der Waals surface area contributed by atoms with E-state index < -0.39 is 0 Å². The SMILES string of the molecule is C[C@@H]1C=NC=C(c2ccccc2)C1. The van der Waals surface area contributed by atoms with E-state index in [4.69, 9.17) is 0 Å². The number of hydrogen-bond donors (Lipinski definition) is 0. The lowest BCUT2D eigenvalue weighted by Gasteiger charge is -2.13. The first-order valence-corrected chi connectivity index (χ1v) is 4.64. The Morgan fingerprint density at radius 1 is 1.23 bits per heavy atom. The Bertz CT molecular complexity index is 335. The van der Waals surface area contributed by atoms with Crippen LogP contribution in [0.5, 0.6) is 0 Å². The Labute approximate surface area is 78.8 Å². The second kappa shape index (κ2) is 3.56. The van der Waals surface area contributed by atoms with Crippen LogP contribution >= 0.6 is 0 Å². The first kappa shape index (κ1) is 8.24. The molecule has 0 radical (unpaired) electrons.